The summed E-state index contributed by atoms with van der Waals surface area (Å²) in [7, 11) is 0. The number of hydrogen-bond donors (Lipinski definition) is 5. The Morgan fingerprint density at radius 2 is 1.64 bits per heavy atom. The molecular formula is C49H69N3O12. The molecule has 64 heavy (non-hydrogen) atoms. The SMILES string of the molecule is CCCCCC1(CCCCC)O[C@@H]2[C@H](O1)[C@H]1ON(Cc3ccc(C=CCc4ccccc4O)cc3)[C@H]3C(=O)O[C@@H]2C[C@@]13C(=O)N[C@@H](C(=O)N[C@H](CO)CCC(=O)OC(C)(C)C)[C@H](C)O. The summed E-state index contributed by atoms with van der Waals surface area (Å²) in [6.07, 6.45) is 6.56. The average molecular weight is 892 g/mol. The summed E-state index contributed by atoms with van der Waals surface area (Å²) in [6.45, 7) is 10.4. The molecule has 1 aliphatic carbocycles. The van der Waals surface area contributed by atoms with Crippen LogP contribution in [0, 0.1) is 5.41 Å². The predicted octanol–water partition coefficient (Wildman–Crippen LogP) is 5.55. The average Bonchev–Trinajstić information content (AvgIpc) is 3.80. The van der Waals surface area contributed by atoms with Crippen LogP contribution in [0.2, 0.25) is 0 Å². The van der Waals surface area contributed by atoms with Crippen molar-refractivity contribution in [3.8, 4) is 5.75 Å². The molecule has 0 aromatic heterocycles. The Kier molecular flexibility index (Phi) is 16.3. The first-order valence-electron chi connectivity index (χ1n) is 23.2. The van der Waals surface area contributed by atoms with Gasteiger partial charge in [0.05, 0.1) is 25.3 Å². The number of aliphatic hydroxyl groups excluding tert-OH is 2. The molecule has 4 fully saturated rings. The summed E-state index contributed by atoms with van der Waals surface area (Å²) in [5, 5.41) is 38.2. The number of fused-ring (bicyclic) bond motifs is 4. The monoisotopic (exact) mass is 891 g/mol. The van der Waals surface area contributed by atoms with Gasteiger partial charge in [0.15, 0.2) is 11.8 Å². The third-order valence-corrected chi connectivity index (χ3v) is 12.7. The third kappa shape index (κ3) is 11.3. The van der Waals surface area contributed by atoms with E-state index in [0.29, 0.717) is 19.3 Å². The zero-order chi connectivity index (χ0) is 46.2. The number of nitrogens with one attached hydrogen (secondary N) is 2. The summed E-state index contributed by atoms with van der Waals surface area (Å²) >= 11 is 0. The van der Waals surface area contributed by atoms with Gasteiger partial charge in [0, 0.05) is 25.7 Å². The number of carbonyl (C=O) groups is 4. The molecule has 15 heteroatoms. The topological polar surface area (TPSA) is 202 Å². The summed E-state index contributed by atoms with van der Waals surface area (Å²) < 4.78 is 25.4. The number of phenols is 1. The number of aliphatic hydroxyl groups is 2. The second-order valence-corrected chi connectivity index (χ2v) is 18.9. The normalized spacial score (nSPS) is 26.2. The second kappa shape index (κ2) is 21.3. The van der Waals surface area contributed by atoms with Gasteiger partial charge in [-0.1, -0.05) is 94.1 Å². The molecule has 2 amide bonds. The number of rotatable bonds is 22. The van der Waals surface area contributed by atoms with Crippen molar-refractivity contribution < 1.29 is 58.3 Å². The first kappa shape index (κ1) is 49.1. The highest BCUT2D eigenvalue weighted by Crippen LogP contribution is 2.58. The van der Waals surface area contributed by atoms with Crippen LogP contribution in [0.15, 0.2) is 54.6 Å². The molecule has 0 spiro atoms. The number of aromatic hydroxyl groups is 1. The van der Waals surface area contributed by atoms with Crippen LogP contribution in [0.4, 0.5) is 0 Å². The second-order valence-electron chi connectivity index (χ2n) is 18.9. The van der Waals surface area contributed by atoms with E-state index in [9.17, 15) is 29.7 Å². The van der Waals surface area contributed by atoms with Crippen molar-refractivity contribution in [2.45, 2.75) is 185 Å². The van der Waals surface area contributed by atoms with Gasteiger partial charge in [0.2, 0.25) is 11.8 Å². The van der Waals surface area contributed by atoms with E-state index in [1.54, 1.807) is 32.9 Å². The van der Waals surface area contributed by atoms with Crippen LogP contribution in [-0.2, 0) is 55.9 Å². The fraction of sp³-hybridized carbons (Fsp3) is 0.633. The molecule has 0 radical (unpaired) electrons. The minimum Gasteiger partial charge on any atom is -0.508 e. The predicted molar refractivity (Wildman–Crippen MR) is 237 cm³/mol. The van der Waals surface area contributed by atoms with E-state index in [-0.39, 0.29) is 31.6 Å². The number of nitrogens with zero attached hydrogens (tertiary/aromatic N) is 1. The molecule has 2 aromatic carbocycles. The van der Waals surface area contributed by atoms with Crippen LogP contribution >= 0.6 is 0 Å². The van der Waals surface area contributed by atoms with Gasteiger partial charge >= 0.3 is 11.9 Å². The quantitative estimate of drug-likeness (QED) is 0.0728. The van der Waals surface area contributed by atoms with E-state index in [1.807, 2.05) is 48.6 Å². The van der Waals surface area contributed by atoms with Crippen LogP contribution < -0.4 is 10.6 Å². The molecule has 4 aliphatic rings. The van der Waals surface area contributed by atoms with E-state index in [0.717, 1.165) is 55.2 Å². The van der Waals surface area contributed by atoms with Crippen molar-refractivity contribution in [2.24, 2.45) is 5.41 Å². The lowest BCUT2D eigenvalue weighted by Crippen LogP contribution is -2.71. The highest BCUT2D eigenvalue weighted by molar-refractivity contribution is 5.96. The third-order valence-electron chi connectivity index (χ3n) is 12.7. The summed E-state index contributed by atoms with van der Waals surface area (Å²) in [5.41, 5.74) is 0.185. The van der Waals surface area contributed by atoms with Gasteiger partial charge in [-0.05, 0) is 76.1 Å². The number of hydrogen-bond acceptors (Lipinski definition) is 13. The van der Waals surface area contributed by atoms with Gasteiger partial charge in [-0.2, -0.15) is 5.06 Å². The molecule has 6 rings (SSSR count). The van der Waals surface area contributed by atoms with Crippen LogP contribution in [0.25, 0.3) is 6.08 Å². The van der Waals surface area contributed by atoms with Gasteiger partial charge < -0.3 is 44.9 Å². The van der Waals surface area contributed by atoms with E-state index in [1.165, 1.54) is 12.0 Å². The van der Waals surface area contributed by atoms with Gasteiger partial charge in [-0.15, -0.1) is 0 Å². The van der Waals surface area contributed by atoms with Crippen LogP contribution in [0.5, 0.6) is 5.75 Å². The van der Waals surface area contributed by atoms with Gasteiger partial charge in [-0.25, -0.2) is 0 Å². The van der Waals surface area contributed by atoms with Crippen molar-refractivity contribution in [2.75, 3.05) is 6.61 Å². The number of esters is 2. The lowest BCUT2D eigenvalue weighted by atomic mass is 9.62. The fourth-order valence-electron chi connectivity index (χ4n) is 9.48. The number of amides is 2. The summed E-state index contributed by atoms with van der Waals surface area (Å²) in [5.74, 6) is -3.38. The van der Waals surface area contributed by atoms with E-state index in [2.05, 4.69) is 24.5 Å². The molecule has 0 unspecified atom stereocenters. The van der Waals surface area contributed by atoms with E-state index in [4.69, 9.17) is 23.8 Å². The van der Waals surface area contributed by atoms with Crippen LogP contribution in [-0.4, -0.2) is 111 Å². The lowest BCUT2D eigenvalue weighted by molar-refractivity contribution is -0.224. The molecule has 2 bridgehead atoms. The number of carbonyl (C=O) groups excluding carboxylic acids is 4. The number of allylic oxidation sites excluding steroid dienone is 1. The molecule has 2 aromatic rings. The maximum atomic E-state index is 15.2. The summed E-state index contributed by atoms with van der Waals surface area (Å²) in [6, 6.07) is 11.2. The highest BCUT2D eigenvalue weighted by atomic mass is 16.8. The molecular weight excluding hydrogens is 823 g/mol. The Bertz CT molecular complexity index is 1940. The van der Waals surface area contributed by atoms with Gasteiger partial charge in [-0.3, -0.25) is 24.0 Å². The maximum Gasteiger partial charge on any atom is 0.327 e. The Balaban J connectivity index is 1.27. The number of phenolic OH excluding ortho intramolecular Hbond substituents is 1. The molecule has 1 saturated carbocycles. The minimum absolute atomic E-state index is 0.0188. The summed E-state index contributed by atoms with van der Waals surface area (Å²) in [4.78, 5) is 62.6. The van der Waals surface area contributed by atoms with Crippen LogP contribution in [0.1, 0.15) is 129 Å². The van der Waals surface area contributed by atoms with Crippen molar-refractivity contribution >= 4 is 29.8 Å². The fourth-order valence-corrected chi connectivity index (χ4v) is 9.48. The molecule has 3 heterocycles. The smallest absolute Gasteiger partial charge is 0.327 e. The number of hydroxylamine groups is 2. The van der Waals surface area contributed by atoms with E-state index < -0.39 is 95.8 Å². The molecule has 352 valence electrons. The molecule has 15 nitrogen and oxygen atoms in total. The number of para-hydroxylation sites is 1. The van der Waals surface area contributed by atoms with Crippen molar-refractivity contribution in [3.05, 3.63) is 71.3 Å². The maximum absolute atomic E-state index is 15.2. The van der Waals surface area contributed by atoms with Crippen molar-refractivity contribution in [1.29, 1.82) is 0 Å². The largest absolute Gasteiger partial charge is 0.508 e. The van der Waals surface area contributed by atoms with E-state index >= 15 is 4.79 Å². The number of ether oxygens (including phenoxy) is 4. The highest BCUT2D eigenvalue weighted by Gasteiger charge is 2.76. The Labute approximate surface area is 377 Å². The molecule has 9 atom stereocenters. The zero-order valence-corrected chi connectivity index (χ0v) is 38.3. The first-order valence-corrected chi connectivity index (χ1v) is 23.2. The van der Waals surface area contributed by atoms with Crippen molar-refractivity contribution in [3.63, 3.8) is 0 Å². The Morgan fingerprint density at radius 3 is 2.27 bits per heavy atom. The van der Waals surface area contributed by atoms with Crippen LogP contribution in [0.3, 0.4) is 0 Å². The number of benzene rings is 2. The molecule has 3 aliphatic heterocycles. The molecule has 5 N–H and O–H groups in total. The molecule has 3 saturated heterocycles. The minimum atomic E-state index is -1.63. The number of unbranched alkanes of at least 4 members (excludes halogenated alkanes) is 4. The van der Waals surface area contributed by atoms with Crippen molar-refractivity contribution in [1.82, 2.24) is 15.7 Å². The first-order chi connectivity index (χ1) is 30.5. The zero-order valence-electron chi connectivity index (χ0n) is 38.3. The Morgan fingerprint density at radius 1 is 0.969 bits per heavy atom. The standard InChI is InChI=1S/C49H69N3O12/c1-7-9-13-26-48(27-14-10-8-2)62-40-37-28-49(46(59)51-39(31(3)54)44(57)50-35(30-53)24-25-38(56)61-47(4,5)6)42(45(58)60-37)52(64-43(49)41(40)63-48)29-33-22-20-32(21-23-33)16-15-18-34-17-11-12-19-36(34)55/h11-12,15-17,19-23,31,35,37,39-43,53-55H,7-10,13-14,18,24-30H2,1-6H3,(H,50,57)(H,51,59)/t31-,35-,37+,39+,40-,41-,42-,43+,49-/m0/s1. The Hall–Kier alpha value is -4.38. The van der Waals surface area contributed by atoms with Gasteiger partial charge in [0.1, 0.15) is 47.2 Å². The van der Waals surface area contributed by atoms with Gasteiger partial charge in [0.25, 0.3) is 0 Å². The lowest BCUT2D eigenvalue weighted by Gasteiger charge is -2.49.